The zero-order valence-corrected chi connectivity index (χ0v) is 22.8. The first-order valence-electron chi connectivity index (χ1n) is 12.8. The van der Waals surface area contributed by atoms with Gasteiger partial charge in [-0.25, -0.2) is 15.0 Å². The average molecular weight is 579 g/mol. The van der Waals surface area contributed by atoms with E-state index in [2.05, 4.69) is 15.8 Å². The van der Waals surface area contributed by atoms with Gasteiger partial charge in [0, 0.05) is 10.9 Å². The smallest absolute Gasteiger partial charge is 0.350 e. The second kappa shape index (κ2) is 13.4. The summed E-state index contributed by atoms with van der Waals surface area (Å²) in [5.41, 5.74) is 3.10. The second-order valence-corrected chi connectivity index (χ2v) is 9.98. The lowest BCUT2D eigenvalue weighted by Crippen LogP contribution is -2.32. The summed E-state index contributed by atoms with van der Waals surface area (Å²) in [6, 6.07) is 11.5. The molecule has 0 fully saturated rings. The fraction of sp³-hybridized carbons (Fsp3) is 0.250. The van der Waals surface area contributed by atoms with Crippen LogP contribution in [0.3, 0.4) is 0 Å². The first kappa shape index (κ1) is 29.1. The van der Waals surface area contributed by atoms with Crippen LogP contribution in [-0.2, 0) is 27.2 Å². The largest absolute Gasteiger partial charge is 0.462 e. The van der Waals surface area contributed by atoms with Gasteiger partial charge in [-0.05, 0) is 61.9 Å². The molecule has 1 aliphatic rings. The highest BCUT2D eigenvalue weighted by Crippen LogP contribution is 2.38. The number of nitrogens with one attached hydrogen (secondary N) is 2. The molecule has 1 heterocycles. The lowest BCUT2D eigenvalue weighted by atomic mass is 10.1. The van der Waals surface area contributed by atoms with Crippen LogP contribution in [0.5, 0.6) is 5.75 Å². The molecule has 0 atom stereocenters. The molecule has 12 nitrogen and oxygen atoms in total. The van der Waals surface area contributed by atoms with Crippen molar-refractivity contribution in [3.8, 4) is 5.75 Å². The normalized spacial score (nSPS) is 12.6. The Morgan fingerprint density at radius 1 is 1.02 bits per heavy atom. The van der Waals surface area contributed by atoms with E-state index in [1.54, 1.807) is 19.1 Å². The SMILES string of the molecule is CCOC(=O)c1c(NC(=O)C(=O)N/N=C/c2cccc(OC(=O)c3ccccc3[N+](=O)[O-])c2)sc2c1CCCCC2. The monoisotopic (exact) mass is 578 g/mol. The molecule has 0 saturated heterocycles. The molecule has 0 aliphatic heterocycles. The maximum absolute atomic E-state index is 12.7. The van der Waals surface area contributed by atoms with Crippen LogP contribution in [-0.4, -0.2) is 41.5 Å². The van der Waals surface area contributed by atoms with Gasteiger partial charge in [0.05, 0.1) is 23.3 Å². The van der Waals surface area contributed by atoms with E-state index in [1.165, 1.54) is 53.9 Å². The summed E-state index contributed by atoms with van der Waals surface area (Å²) in [4.78, 5) is 61.7. The third-order valence-corrected chi connectivity index (χ3v) is 7.31. The molecule has 0 radical (unpaired) electrons. The molecule has 1 aromatic heterocycles. The first-order chi connectivity index (χ1) is 19.8. The van der Waals surface area contributed by atoms with Crippen LogP contribution in [0.15, 0.2) is 53.6 Å². The van der Waals surface area contributed by atoms with Crippen LogP contribution in [0.2, 0.25) is 0 Å². The lowest BCUT2D eigenvalue weighted by Gasteiger charge is -2.08. The number of amides is 2. The van der Waals surface area contributed by atoms with Gasteiger partial charge in [0.15, 0.2) is 0 Å². The Labute approximate surface area is 238 Å². The molecule has 0 unspecified atom stereocenters. The number of carbonyl (C=O) groups excluding carboxylic acids is 4. The fourth-order valence-electron chi connectivity index (χ4n) is 4.25. The molecule has 0 spiro atoms. The van der Waals surface area contributed by atoms with Gasteiger partial charge in [0.1, 0.15) is 16.3 Å². The van der Waals surface area contributed by atoms with Gasteiger partial charge in [-0.1, -0.05) is 30.7 Å². The maximum atomic E-state index is 12.7. The lowest BCUT2D eigenvalue weighted by molar-refractivity contribution is -0.385. The van der Waals surface area contributed by atoms with Crippen LogP contribution in [0, 0.1) is 10.1 Å². The number of anilines is 1. The Kier molecular flexibility index (Phi) is 9.53. The Morgan fingerprint density at radius 3 is 2.59 bits per heavy atom. The van der Waals surface area contributed by atoms with Gasteiger partial charge in [0.2, 0.25) is 0 Å². The molecule has 2 amide bonds. The molecule has 2 N–H and O–H groups in total. The van der Waals surface area contributed by atoms with E-state index in [1.807, 2.05) is 0 Å². The number of ether oxygens (including phenoxy) is 2. The summed E-state index contributed by atoms with van der Waals surface area (Å²) < 4.78 is 10.5. The van der Waals surface area contributed by atoms with E-state index >= 15 is 0 Å². The third-order valence-electron chi connectivity index (χ3n) is 6.10. The van der Waals surface area contributed by atoms with Crippen molar-refractivity contribution in [1.82, 2.24) is 5.43 Å². The number of carbonyl (C=O) groups is 4. The van der Waals surface area contributed by atoms with Crippen molar-refractivity contribution in [2.75, 3.05) is 11.9 Å². The van der Waals surface area contributed by atoms with Crippen molar-refractivity contribution < 1.29 is 33.6 Å². The Hall–Kier alpha value is -4.91. The molecule has 1 aliphatic carbocycles. The minimum absolute atomic E-state index is 0.0881. The minimum Gasteiger partial charge on any atom is -0.462 e. The van der Waals surface area contributed by atoms with Crippen molar-refractivity contribution in [3.63, 3.8) is 0 Å². The quantitative estimate of drug-likeness (QED) is 0.0754. The summed E-state index contributed by atoms with van der Waals surface area (Å²) in [6.07, 6.45) is 5.66. The molecule has 3 aromatic rings. The van der Waals surface area contributed by atoms with E-state index < -0.39 is 28.7 Å². The number of nitrogens with zero attached hydrogens (tertiary/aromatic N) is 2. The molecule has 13 heteroatoms. The van der Waals surface area contributed by atoms with Crippen molar-refractivity contribution in [2.45, 2.75) is 39.0 Å². The molecule has 212 valence electrons. The summed E-state index contributed by atoms with van der Waals surface area (Å²) in [6.45, 7) is 1.88. The van der Waals surface area contributed by atoms with Crippen molar-refractivity contribution >= 4 is 52.0 Å². The summed E-state index contributed by atoms with van der Waals surface area (Å²) >= 11 is 1.27. The third kappa shape index (κ3) is 7.19. The van der Waals surface area contributed by atoms with Crippen LogP contribution >= 0.6 is 11.3 Å². The Balaban J connectivity index is 1.40. The van der Waals surface area contributed by atoms with Gasteiger partial charge in [-0.2, -0.15) is 5.10 Å². The fourth-order valence-corrected chi connectivity index (χ4v) is 5.52. The number of hydrogen-bond acceptors (Lipinski definition) is 10. The van der Waals surface area contributed by atoms with E-state index in [-0.39, 0.29) is 28.6 Å². The molecule has 0 saturated carbocycles. The number of nitro benzene ring substituents is 1. The number of thiophene rings is 1. The number of rotatable bonds is 8. The van der Waals surface area contributed by atoms with E-state index in [0.29, 0.717) is 17.5 Å². The second-order valence-electron chi connectivity index (χ2n) is 8.88. The highest BCUT2D eigenvalue weighted by molar-refractivity contribution is 7.17. The van der Waals surface area contributed by atoms with Crippen LogP contribution in [0.4, 0.5) is 10.7 Å². The summed E-state index contributed by atoms with van der Waals surface area (Å²) in [5.74, 6) is -3.42. The number of benzene rings is 2. The molecule has 0 bridgehead atoms. The Bertz CT molecular complexity index is 1530. The topological polar surface area (TPSA) is 166 Å². The highest BCUT2D eigenvalue weighted by Gasteiger charge is 2.28. The van der Waals surface area contributed by atoms with E-state index in [9.17, 15) is 29.3 Å². The van der Waals surface area contributed by atoms with Gasteiger partial charge >= 0.3 is 23.8 Å². The maximum Gasteiger partial charge on any atom is 0.350 e. The van der Waals surface area contributed by atoms with Gasteiger partial charge in [-0.3, -0.25) is 19.7 Å². The number of para-hydroxylation sites is 1. The number of hydrazone groups is 1. The van der Waals surface area contributed by atoms with Crippen molar-refractivity contribution in [3.05, 3.63) is 85.8 Å². The summed E-state index contributed by atoms with van der Waals surface area (Å²) in [5, 5.41) is 17.8. The molecule has 2 aromatic carbocycles. The van der Waals surface area contributed by atoms with E-state index in [0.717, 1.165) is 36.1 Å². The first-order valence-corrected chi connectivity index (χ1v) is 13.6. The minimum atomic E-state index is -1.06. The Morgan fingerprint density at radius 2 is 1.80 bits per heavy atom. The van der Waals surface area contributed by atoms with E-state index in [4.69, 9.17) is 9.47 Å². The van der Waals surface area contributed by atoms with Crippen LogP contribution in [0.25, 0.3) is 0 Å². The number of aryl methyl sites for hydroxylation is 1. The van der Waals surface area contributed by atoms with Crippen molar-refractivity contribution in [2.24, 2.45) is 5.10 Å². The van der Waals surface area contributed by atoms with Crippen molar-refractivity contribution in [1.29, 1.82) is 0 Å². The molecular weight excluding hydrogens is 552 g/mol. The van der Waals surface area contributed by atoms with Gasteiger partial charge in [-0.15, -0.1) is 11.3 Å². The number of nitro groups is 1. The van der Waals surface area contributed by atoms with Crippen LogP contribution < -0.4 is 15.5 Å². The van der Waals surface area contributed by atoms with Gasteiger partial charge in [0.25, 0.3) is 5.69 Å². The number of fused-ring (bicyclic) bond motifs is 1. The standard InChI is InChI=1S/C28H26N4O8S/c1-2-39-28(36)23-20-12-4-3-5-14-22(20)41-26(23)30-24(33)25(34)31-29-16-17-9-8-10-18(15-17)40-27(35)19-11-6-7-13-21(19)32(37)38/h6-11,13,15-16H,2-5,12,14H2,1H3,(H,30,33)(H,31,34)/b29-16+. The number of esters is 2. The molecular formula is C28H26N4O8S. The molecule has 4 rings (SSSR count). The number of hydrogen-bond donors (Lipinski definition) is 2. The predicted molar refractivity (Wildman–Crippen MR) is 150 cm³/mol. The zero-order valence-electron chi connectivity index (χ0n) is 22.0. The van der Waals surface area contributed by atoms with Crippen LogP contribution in [0.1, 0.15) is 62.9 Å². The summed E-state index contributed by atoms with van der Waals surface area (Å²) in [7, 11) is 0. The zero-order chi connectivity index (χ0) is 29.4. The highest BCUT2D eigenvalue weighted by atomic mass is 32.1. The average Bonchev–Trinajstić information content (AvgIpc) is 3.13. The van der Waals surface area contributed by atoms with Gasteiger partial charge < -0.3 is 14.8 Å². The predicted octanol–water partition coefficient (Wildman–Crippen LogP) is 4.41. The molecule has 41 heavy (non-hydrogen) atoms.